The molecule has 0 bridgehead atoms. The highest BCUT2D eigenvalue weighted by Gasteiger charge is 2.38. The Hall–Kier alpha value is -2.19. The first kappa shape index (κ1) is 21.5. The molecule has 1 aromatic carbocycles. The van der Waals surface area contributed by atoms with Gasteiger partial charge in [-0.25, -0.2) is 8.42 Å². The lowest BCUT2D eigenvalue weighted by Gasteiger charge is -2.41. The lowest BCUT2D eigenvalue weighted by atomic mass is 10.0. The molecule has 0 saturated carbocycles. The van der Waals surface area contributed by atoms with Crippen LogP contribution in [0.15, 0.2) is 41.8 Å². The van der Waals surface area contributed by atoms with E-state index in [1.807, 2.05) is 12.1 Å². The lowest BCUT2D eigenvalue weighted by molar-refractivity contribution is -0.157. The molecule has 2 heterocycles. The fourth-order valence-electron chi connectivity index (χ4n) is 4.03. The summed E-state index contributed by atoms with van der Waals surface area (Å²) in [5, 5.41) is 0. The van der Waals surface area contributed by atoms with Gasteiger partial charge in [0.15, 0.2) is 0 Å². The van der Waals surface area contributed by atoms with Crippen molar-refractivity contribution in [1.82, 2.24) is 14.1 Å². The highest BCUT2D eigenvalue weighted by molar-refractivity contribution is 7.89. The van der Waals surface area contributed by atoms with Crippen molar-refractivity contribution in [3.8, 4) is 0 Å². The first-order valence-electron chi connectivity index (χ1n) is 10.2. The maximum absolute atomic E-state index is 12.9. The number of carbonyl (C=O) groups is 2. The zero-order valence-corrected chi connectivity index (χ0v) is 17.7. The first-order chi connectivity index (χ1) is 13.9. The van der Waals surface area contributed by atoms with E-state index in [2.05, 4.69) is 13.5 Å². The summed E-state index contributed by atoms with van der Waals surface area (Å²) in [4.78, 5) is 28.1. The van der Waals surface area contributed by atoms with E-state index in [0.29, 0.717) is 50.5 Å². The molecule has 8 heteroatoms. The van der Waals surface area contributed by atoms with E-state index in [1.165, 1.54) is 9.21 Å². The summed E-state index contributed by atoms with van der Waals surface area (Å²) in [6.07, 6.45) is 4.63. The van der Waals surface area contributed by atoms with Gasteiger partial charge in [0.1, 0.15) is 0 Å². The standard InChI is InChI=1S/C21H29N3O4S/c1-3-5-17-6-8-19(9-7-17)29(27,28)23-13-10-18(11-14-23)24-16-15-22(12-4-2)20(25)21(24)26/h4,6-9,18H,2-3,5,10-16H2,1H3. The van der Waals surface area contributed by atoms with Crippen molar-refractivity contribution in [3.63, 3.8) is 0 Å². The number of amides is 2. The van der Waals surface area contributed by atoms with Crippen molar-refractivity contribution >= 4 is 21.8 Å². The van der Waals surface area contributed by atoms with Gasteiger partial charge >= 0.3 is 11.8 Å². The van der Waals surface area contributed by atoms with Crippen molar-refractivity contribution in [2.45, 2.75) is 43.5 Å². The molecule has 0 unspecified atom stereocenters. The number of carbonyl (C=O) groups excluding carboxylic acids is 2. The van der Waals surface area contributed by atoms with E-state index >= 15 is 0 Å². The number of rotatable bonds is 7. The van der Waals surface area contributed by atoms with Crippen LogP contribution in [-0.2, 0) is 26.0 Å². The maximum Gasteiger partial charge on any atom is 0.312 e. The highest BCUT2D eigenvalue weighted by Crippen LogP contribution is 2.25. The molecular formula is C21H29N3O4S. The Balaban J connectivity index is 1.62. The number of benzene rings is 1. The number of piperazine rings is 1. The minimum atomic E-state index is -3.54. The molecule has 0 N–H and O–H groups in total. The molecule has 1 aromatic rings. The van der Waals surface area contributed by atoms with Crippen LogP contribution >= 0.6 is 0 Å². The van der Waals surface area contributed by atoms with Crippen LogP contribution < -0.4 is 0 Å². The Bertz CT molecular complexity index is 858. The first-order valence-corrected chi connectivity index (χ1v) is 11.6. The van der Waals surface area contributed by atoms with Crippen LogP contribution in [0.1, 0.15) is 31.7 Å². The van der Waals surface area contributed by atoms with Crippen LogP contribution in [0.3, 0.4) is 0 Å². The number of hydrogen-bond acceptors (Lipinski definition) is 4. The molecule has 0 atom stereocenters. The Morgan fingerprint density at radius 2 is 1.69 bits per heavy atom. The van der Waals surface area contributed by atoms with Gasteiger partial charge in [-0.15, -0.1) is 6.58 Å². The third-order valence-electron chi connectivity index (χ3n) is 5.66. The van der Waals surface area contributed by atoms with E-state index in [-0.39, 0.29) is 6.04 Å². The third kappa shape index (κ3) is 4.53. The van der Waals surface area contributed by atoms with Crippen LogP contribution in [0.5, 0.6) is 0 Å². The molecule has 2 saturated heterocycles. The van der Waals surface area contributed by atoms with E-state index < -0.39 is 21.8 Å². The molecule has 7 nitrogen and oxygen atoms in total. The van der Waals surface area contributed by atoms with Crippen LogP contribution in [0.4, 0.5) is 0 Å². The van der Waals surface area contributed by atoms with Crippen LogP contribution in [-0.4, -0.2) is 73.1 Å². The topological polar surface area (TPSA) is 78.0 Å². The van der Waals surface area contributed by atoms with Crippen molar-refractivity contribution in [2.75, 3.05) is 32.7 Å². The number of aryl methyl sites for hydroxylation is 1. The average Bonchev–Trinajstić information content (AvgIpc) is 2.72. The van der Waals surface area contributed by atoms with E-state index in [4.69, 9.17) is 0 Å². The van der Waals surface area contributed by atoms with Crippen molar-refractivity contribution < 1.29 is 18.0 Å². The Morgan fingerprint density at radius 1 is 1.03 bits per heavy atom. The number of piperidine rings is 1. The molecule has 0 radical (unpaired) electrons. The van der Waals surface area contributed by atoms with Crippen LogP contribution in [0.2, 0.25) is 0 Å². The molecule has 2 fully saturated rings. The van der Waals surface area contributed by atoms with Gasteiger partial charge in [0.05, 0.1) is 4.90 Å². The molecule has 2 amide bonds. The van der Waals surface area contributed by atoms with Crippen molar-refractivity contribution in [2.24, 2.45) is 0 Å². The zero-order chi connectivity index (χ0) is 21.0. The van der Waals surface area contributed by atoms with Gasteiger partial charge in [0.25, 0.3) is 0 Å². The minimum absolute atomic E-state index is 0.101. The molecule has 0 spiro atoms. The lowest BCUT2D eigenvalue weighted by Crippen LogP contribution is -2.59. The van der Waals surface area contributed by atoms with Gasteiger partial charge in [-0.3, -0.25) is 9.59 Å². The number of hydrogen-bond donors (Lipinski definition) is 0. The third-order valence-corrected chi connectivity index (χ3v) is 7.57. The smallest absolute Gasteiger partial charge is 0.312 e. The van der Waals surface area contributed by atoms with Crippen molar-refractivity contribution in [1.29, 1.82) is 0 Å². The predicted octanol–water partition coefficient (Wildman–Crippen LogP) is 1.65. The molecule has 29 heavy (non-hydrogen) atoms. The second kappa shape index (κ2) is 9.09. The molecular weight excluding hydrogens is 390 g/mol. The summed E-state index contributed by atoms with van der Waals surface area (Å²) in [6.45, 7) is 7.73. The van der Waals surface area contributed by atoms with Gasteiger partial charge < -0.3 is 9.80 Å². The van der Waals surface area contributed by atoms with E-state index in [9.17, 15) is 18.0 Å². The molecule has 0 aromatic heterocycles. The quantitative estimate of drug-likeness (QED) is 0.497. The molecule has 0 aliphatic carbocycles. The summed E-state index contributed by atoms with van der Waals surface area (Å²) in [5.74, 6) is -0.996. The van der Waals surface area contributed by atoms with Crippen molar-refractivity contribution in [3.05, 3.63) is 42.5 Å². The maximum atomic E-state index is 12.9. The second-order valence-corrected chi connectivity index (χ2v) is 9.51. The summed E-state index contributed by atoms with van der Waals surface area (Å²) in [6, 6.07) is 6.99. The van der Waals surface area contributed by atoms with E-state index in [1.54, 1.807) is 23.1 Å². The monoisotopic (exact) mass is 419 g/mol. The molecule has 158 valence electrons. The number of sulfonamides is 1. The van der Waals surface area contributed by atoms with E-state index in [0.717, 1.165) is 18.4 Å². The Labute approximate surface area is 173 Å². The summed E-state index contributed by atoms with van der Waals surface area (Å²) >= 11 is 0. The average molecular weight is 420 g/mol. The Kier molecular flexibility index (Phi) is 6.74. The number of nitrogens with zero attached hydrogens (tertiary/aromatic N) is 3. The van der Waals surface area contributed by atoms with Gasteiger partial charge in [-0.1, -0.05) is 31.6 Å². The molecule has 2 aliphatic heterocycles. The fourth-order valence-corrected chi connectivity index (χ4v) is 5.50. The summed E-state index contributed by atoms with van der Waals surface area (Å²) in [5.41, 5.74) is 1.13. The molecule has 3 rings (SSSR count). The van der Waals surface area contributed by atoms with Crippen LogP contribution in [0.25, 0.3) is 0 Å². The van der Waals surface area contributed by atoms with Crippen LogP contribution in [0, 0.1) is 0 Å². The SMILES string of the molecule is C=CCN1CCN(C2CCN(S(=O)(=O)c3ccc(CCC)cc3)CC2)C(=O)C1=O. The van der Waals surface area contributed by atoms with Gasteiger partial charge in [-0.2, -0.15) is 4.31 Å². The minimum Gasteiger partial charge on any atom is -0.330 e. The normalized spacial score (nSPS) is 19.6. The summed E-state index contributed by atoms with van der Waals surface area (Å²) < 4.78 is 27.4. The molecule has 2 aliphatic rings. The highest BCUT2D eigenvalue weighted by atomic mass is 32.2. The second-order valence-electron chi connectivity index (χ2n) is 7.57. The predicted molar refractivity (Wildman–Crippen MR) is 111 cm³/mol. The summed E-state index contributed by atoms with van der Waals surface area (Å²) in [7, 11) is -3.54. The Morgan fingerprint density at radius 3 is 2.28 bits per heavy atom. The zero-order valence-electron chi connectivity index (χ0n) is 16.9. The fraction of sp³-hybridized carbons (Fsp3) is 0.524. The largest absolute Gasteiger partial charge is 0.330 e. The van der Waals surface area contributed by atoms with Gasteiger partial charge in [-0.05, 0) is 37.0 Å². The van der Waals surface area contributed by atoms with Gasteiger partial charge in [0.2, 0.25) is 10.0 Å². The van der Waals surface area contributed by atoms with Gasteiger partial charge in [0, 0.05) is 38.8 Å².